The molecule has 1 aliphatic heterocycles. The zero-order valence-corrected chi connectivity index (χ0v) is 10.8. The minimum atomic E-state index is 0.774. The number of hydrogen-bond donors (Lipinski definition) is 0. The average Bonchev–Trinajstić information content (AvgIpc) is 2.35. The van der Waals surface area contributed by atoms with Crippen LogP contribution in [0.5, 0.6) is 5.75 Å². The Morgan fingerprint density at radius 1 is 1.18 bits per heavy atom. The van der Waals surface area contributed by atoms with Crippen LogP contribution in [0.1, 0.15) is 17.5 Å². The molecule has 1 heterocycles. The molecule has 0 radical (unpaired) electrons. The molecule has 92 valence electrons. The van der Waals surface area contributed by atoms with Crippen LogP contribution in [0.3, 0.4) is 0 Å². The molecule has 0 fully saturated rings. The number of ether oxygens (including phenoxy) is 1. The van der Waals surface area contributed by atoms with E-state index in [0.29, 0.717) is 0 Å². The first kappa shape index (κ1) is 12.2. The molecular formula is C15H21NO. The zero-order valence-electron chi connectivity index (χ0n) is 10.8. The largest absolute Gasteiger partial charge is 0.492 e. The fourth-order valence-electron chi connectivity index (χ4n) is 1.99. The minimum Gasteiger partial charge on any atom is -0.492 e. The van der Waals surface area contributed by atoms with Gasteiger partial charge < -0.3 is 4.74 Å². The first-order valence-corrected chi connectivity index (χ1v) is 6.33. The third kappa shape index (κ3) is 3.60. The maximum atomic E-state index is 5.78. The molecule has 0 amide bonds. The normalized spacial score (nSPS) is 16.1. The Morgan fingerprint density at radius 2 is 2.06 bits per heavy atom. The Hall–Kier alpha value is -1.28. The van der Waals surface area contributed by atoms with Gasteiger partial charge in [0.05, 0.1) is 0 Å². The Kier molecular flexibility index (Phi) is 4.21. The molecule has 1 aliphatic rings. The number of rotatable bonds is 4. The van der Waals surface area contributed by atoms with E-state index >= 15 is 0 Å². The Bertz CT molecular complexity index is 398. The lowest BCUT2D eigenvalue weighted by atomic mass is 10.1. The fraction of sp³-hybridized carbons (Fsp3) is 0.467. The van der Waals surface area contributed by atoms with Gasteiger partial charge in [0.2, 0.25) is 0 Å². The van der Waals surface area contributed by atoms with Gasteiger partial charge >= 0.3 is 0 Å². The van der Waals surface area contributed by atoms with E-state index in [9.17, 15) is 0 Å². The van der Waals surface area contributed by atoms with Crippen molar-refractivity contribution in [1.29, 1.82) is 0 Å². The zero-order chi connectivity index (χ0) is 12.1. The van der Waals surface area contributed by atoms with Crippen LogP contribution in [-0.4, -0.2) is 31.1 Å². The van der Waals surface area contributed by atoms with E-state index in [-0.39, 0.29) is 0 Å². The van der Waals surface area contributed by atoms with Gasteiger partial charge in [-0.3, -0.25) is 4.90 Å². The van der Waals surface area contributed by atoms with E-state index in [0.717, 1.165) is 32.0 Å². The first-order valence-electron chi connectivity index (χ1n) is 6.33. The lowest BCUT2D eigenvalue weighted by Gasteiger charge is -2.22. The van der Waals surface area contributed by atoms with Gasteiger partial charge in [-0.2, -0.15) is 0 Å². The Labute approximate surface area is 104 Å². The highest BCUT2D eigenvalue weighted by Crippen LogP contribution is 2.16. The molecule has 0 bridgehead atoms. The van der Waals surface area contributed by atoms with Gasteiger partial charge in [-0.15, -0.1) is 0 Å². The molecule has 0 spiro atoms. The molecule has 2 nitrogen and oxygen atoms in total. The van der Waals surface area contributed by atoms with Crippen molar-refractivity contribution in [2.45, 2.75) is 20.3 Å². The predicted molar refractivity (Wildman–Crippen MR) is 71.6 cm³/mol. The number of nitrogens with zero attached hydrogens (tertiary/aromatic N) is 1. The van der Waals surface area contributed by atoms with Crippen LogP contribution >= 0.6 is 0 Å². The molecule has 1 aromatic carbocycles. The van der Waals surface area contributed by atoms with Gasteiger partial charge in [0, 0.05) is 19.6 Å². The summed E-state index contributed by atoms with van der Waals surface area (Å²) in [4.78, 5) is 2.42. The molecule has 0 N–H and O–H groups in total. The lowest BCUT2D eigenvalue weighted by molar-refractivity contribution is 0.221. The fourth-order valence-corrected chi connectivity index (χ4v) is 1.99. The molecule has 0 aliphatic carbocycles. The van der Waals surface area contributed by atoms with Crippen LogP contribution in [0.4, 0.5) is 0 Å². The smallest absolute Gasteiger partial charge is 0.119 e. The van der Waals surface area contributed by atoms with Gasteiger partial charge in [0.1, 0.15) is 12.4 Å². The molecule has 0 aromatic heterocycles. The summed E-state index contributed by atoms with van der Waals surface area (Å²) in [6, 6.07) is 6.29. The van der Waals surface area contributed by atoms with Crippen LogP contribution in [0.2, 0.25) is 0 Å². The van der Waals surface area contributed by atoms with Gasteiger partial charge in [-0.25, -0.2) is 0 Å². The monoisotopic (exact) mass is 231 g/mol. The van der Waals surface area contributed by atoms with Gasteiger partial charge in [-0.1, -0.05) is 18.2 Å². The van der Waals surface area contributed by atoms with E-state index in [1.807, 2.05) is 0 Å². The highest BCUT2D eigenvalue weighted by molar-refractivity contribution is 5.33. The van der Waals surface area contributed by atoms with E-state index in [2.05, 4.69) is 49.1 Å². The molecular weight excluding hydrogens is 210 g/mol. The molecule has 2 rings (SSSR count). The van der Waals surface area contributed by atoms with Crippen molar-refractivity contribution in [2.24, 2.45) is 0 Å². The molecule has 0 saturated carbocycles. The summed E-state index contributed by atoms with van der Waals surface area (Å²) in [6.45, 7) is 8.26. The summed E-state index contributed by atoms with van der Waals surface area (Å²) in [5, 5.41) is 0. The quantitative estimate of drug-likeness (QED) is 0.739. The van der Waals surface area contributed by atoms with E-state index < -0.39 is 0 Å². The van der Waals surface area contributed by atoms with Gasteiger partial charge in [0.15, 0.2) is 0 Å². The number of benzene rings is 1. The molecule has 0 unspecified atom stereocenters. The molecule has 0 atom stereocenters. The molecule has 2 heteroatoms. The standard InChI is InChI=1S/C15H21NO/c1-13-6-7-15(12-14(13)2)17-11-10-16-8-4-3-5-9-16/h3-4,6-7,12H,5,8-11H2,1-2H3. The third-order valence-electron chi connectivity index (χ3n) is 3.30. The highest BCUT2D eigenvalue weighted by Gasteiger charge is 2.05. The number of hydrogen-bond acceptors (Lipinski definition) is 2. The maximum absolute atomic E-state index is 5.78. The Balaban J connectivity index is 1.77. The second-order valence-corrected chi connectivity index (χ2v) is 4.66. The van der Waals surface area contributed by atoms with E-state index in [4.69, 9.17) is 4.74 Å². The second-order valence-electron chi connectivity index (χ2n) is 4.66. The Morgan fingerprint density at radius 3 is 2.76 bits per heavy atom. The van der Waals surface area contributed by atoms with Crippen LogP contribution in [0, 0.1) is 13.8 Å². The first-order chi connectivity index (χ1) is 8.25. The summed E-state index contributed by atoms with van der Waals surface area (Å²) in [5.41, 5.74) is 2.61. The van der Waals surface area contributed by atoms with Gasteiger partial charge in [0.25, 0.3) is 0 Å². The van der Waals surface area contributed by atoms with Crippen molar-refractivity contribution < 1.29 is 4.74 Å². The summed E-state index contributed by atoms with van der Waals surface area (Å²) >= 11 is 0. The van der Waals surface area contributed by atoms with Crippen molar-refractivity contribution in [2.75, 3.05) is 26.2 Å². The average molecular weight is 231 g/mol. The van der Waals surface area contributed by atoms with Gasteiger partial charge in [-0.05, 0) is 43.5 Å². The van der Waals surface area contributed by atoms with Crippen LogP contribution in [0.25, 0.3) is 0 Å². The van der Waals surface area contributed by atoms with Crippen molar-refractivity contribution in [3.63, 3.8) is 0 Å². The summed E-state index contributed by atoms with van der Waals surface area (Å²) < 4.78 is 5.78. The van der Waals surface area contributed by atoms with Crippen molar-refractivity contribution in [3.8, 4) is 5.75 Å². The molecule has 1 aromatic rings. The van der Waals surface area contributed by atoms with Crippen LogP contribution in [0.15, 0.2) is 30.4 Å². The van der Waals surface area contributed by atoms with E-state index in [1.54, 1.807) is 0 Å². The summed E-state index contributed by atoms with van der Waals surface area (Å²) in [5.74, 6) is 0.987. The van der Waals surface area contributed by atoms with Crippen LogP contribution < -0.4 is 4.74 Å². The predicted octanol–water partition coefficient (Wildman–Crippen LogP) is 2.94. The molecule has 17 heavy (non-hydrogen) atoms. The maximum Gasteiger partial charge on any atom is 0.119 e. The highest BCUT2D eigenvalue weighted by atomic mass is 16.5. The summed E-state index contributed by atoms with van der Waals surface area (Å²) in [6.07, 6.45) is 5.66. The second kappa shape index (κ2) is 5.87. The third-order valence-corrected chi connectivity index (χ3v) is 3.30. The van der Waals surface area contributed by atoms with Crippen LogP contribution in [-0.2, 0) is 0 Å². The topological polar surface area (TPSA) is 12.5 Å². The van der Waals surface area contributed by atoms with Crippen molar-refractivity contribution in [3.05, 3.63) is 41.5 Å². The van der Waals surface area contributed by atoms with Crippen molar-refractivity contribution in [1.82, 2.24) is 4.90 Å². The number of aryl methyl sites for hydroxylation is 2. The lowest BCUT2D eigenvalue weighted by Crippen LogP contribution is -2.31. The van der Waals surface area contributed by atoms with E-state index in [1.165, 1.54) is 17.5 Å². The SMILES string of the molecule is Cc1ccc(OCCN2CC=CCC2)cc1C. The van der Waals surface area contributed by atoms with Crippen molar-refractivity contribution >= 4 is 0 Å². The molecule has 0 saturated heterocycles. The summed E-state index contributed by atoms with van der Waals surface area (Å²) in [7, 11) is 0. The minimum absolute atomic E-state index is 0.774.